The van der Waals surface area contributed by atoms with E-state index in [9.17, 15) is 4.79 Å². The fourth-order valence-corrected chi connectivity index (χ4v) is 1.25. The van der Waals surface area contributed by atoms with Gasteiger partial charge in [-0.2, -0.15) is 0 Å². The summed E-state index contributed by atoms with van der Waals surface area (Å²) in [5.41, 5.74) is 0.522. The molecule has 1 N–H and O–H groups in total. The Morgan fingerprint density at radius 1 is 1.73 bits per heavy atom. The number of H-pyrrole nitrogens is 1. The van der Waals surface area contributed by atoms with Crippen molar-refractivity contribution in [3.05, 3.63) is 16.1 Å². The molecule has 0 aromatic carbocycles. The van der Waals surface area contributed by atoms with Gasteiger partial charge in [-0.15, -0.1) is 0 Å². The highest BCUT2D eigenvalue weighted by Crippen LogP contribution is 2.11. The molecule has 0 saturated heterocycles. The number of halogens is 1. The molecule has 11 heavy (non-hydrogen) atoms. The first kappa shape index (κ1) is 8.46. The van der Waals surface area contributed by atoms with Crippen molar-refractivity contribution in [2.75, 3.05) is 0 Å². The lowest BCUT2D eigenvalue weighted by molar-refractivity contribution is 0.111. The molecule has 0 spiro atoms. The molecule has 0 radical (unpaired) electrons. The molecule has 1 heterocycles. The number of imidazole rings is 1. The van der Waals surface area contributed by atoms with Crippen LogP contribution in [0.3, 0.4) is 0 Å². The summed E-state index contributed by atoms with van der Waals surface area (Å²) in [4.78, 5) is 17.4. The molecule has 4 heteroatoms. The van der Waals surface area contributed by atoms with E-state index in [2.05, 4.69) is 32.8 Å². The lowest BCUT2D eigenvalue weighted by Crippen LogP contribution is -1.85. The van der Waals surface area contributed by atoms with Crippen molar-refractivity contribution in [3.8, 4) is 0 Å². The summed E-state index contributed by atoms with van der Waals surface area (Å²) in [5, 5.41) is 0. The summed E-state index contributed by atoms with van der Waals surface area (Å²) in [7, 11) is 0. The molecule has 60 valence electrons. The number of aldehydes is 1. The summed E-state index contributed by atoms with van der Waals surface area (Å²) < 4.78 is 0.607. The van der Waals surface area contributed by atoms with E-state index in [1.54, 1.807) is 0 Å². The van der Waals surface area contributed by atoms with E-state index in [0.717, 1.165) is 25.0 Å². The molecule has 0 unspecified atom stereocenters. The van der Waals surface area contributed by atoms with Gasteiger partial charge in [0.15, 0.2) is 6.29 Å². The Kier molecular flexibility index (Phi) is 2.82. The van der Waals surface area contributed by atoms with Crippen LogP contribution >= 0.6 is 15.9 Å². The second kappa shape index (κ2) is 3.67. The van der Waals surface area contributed by atoms with Gasteiger partial charge in [-0.25, -0.2) is 4.98 Å². The van der Waals surface area contributed by atoms with Crippen molar-refractivity contribution >= 4 is 22.2 Å². The molecule has 3 nitrogen and oxygen atoms in total. The van der Waals surface area contributed by atoms with Crippen LogP contribution in [0.25, 0.3) is 0 Å². The lowest BCUT2D eigenvalue weighted by Gasteiger charge is -1.86. The van der Waals surface area contributed by atoms with Crippen LogP contribution in [0, 0.1) is 0 Å². The molecule has 1 aromatic heterocycles. The normalized spacial score (nSPS) is 10.0. The predicted octanol–water partition coefficient (Wildman–Crippen LogP) is 1.94. The van der Waals surface area contributed by atoms with E-state index in [-0.39, 0.29) is 0 Å². The van der Waals surface area contributed by atoms with Gasteiger partial charge in [0.2, 0.25) is 0 Å². The number of aromatic amines is 1. The van der Waals surface area contributed by atoms with Crippen molar-refractivity contribution in [2.45, 2.75) is 19.8 Å². The molecule has 1 aromatic rings. The average molecular weight is 217 g/mol. The van der Waals surface area contributed by atoms with E-state index < -0.39 is 0 Å². The van der Waals surface area contributed by atoms with Gasteiger partial charge >= 0.3 is 0 Å². The highest BCUT2D eigenvalue weighted by atomic mass is 79.9. The monoisotopic (exact) mass is 216 g/mol. The smallest absolute Gasteiger partial charge is 0.169 e. The van der Waals surface area contributed by atoms with E-state index in [1.165, 1.54) is 0 Å². The van der Waals surface area contributed by atoms with Gasteiger partial charge in [0, 0.05) is 6.42 Å². The first-order valence-electron chi connectivity index (χ1n) is 3.47. The van der Waals surface area contributed by atoms with Crippen molar-refractivity contribution in [2.24, 2.45) is 0 Å². The molecule has 0 amide bonds. The molecular weight excluding hydrogens is 208 g/mol. The van der Waals surface area contributed by atoms with Crippen LogP contribution in [0.1, 0.15) is 29.7 Å². The van der Waals surface area contributed by atoms with E-state index in [4.69, 9.17) is 0 Å². The van der Waals surface area contributed by atoms with Crippen LogP contribution < -0.4 is 0 Å². The molecule has 0 atom stereocenters. The van der Waals surface area contributed by atoms with Crippen LogP contribution in [0.15, 0.2) is 4.60 Å². The maximum Gasteiger partial charge on any atom is 0.169 e. The van der Waals surface area contributed by atoms with Crippen molar-refractivity contribution in [1.29, 1.82) is 0 Å². The standard InChI is InChI=1S/C7H9BrN2O/c1-2-3-6-9-5(4-11)7(8)10-6/h4H,2-3H2,1H3,(H,9,10). The van der Waals surface area contributed by atoms with Crippen molar-refractivity contribution < 1.29 is 4.79 Å². The van der Waals surface area contributed by atoms with E-state index in [1.807, 2.05) is 0 Å². The molecule has 1 rings (SSSR count). The van der Waals surface area contributed by atoms with E-state index >= 15 is 0 Å². The maximum atomic E-state index is 10.3. The molecule has 0 aliphatic heterocycles. The summed E-state index contributed by atoms with van der Waals surface area (Å²) in [6, 6.07) is 0. The van der Waals surface area contributed by atoms with Crippen LogP contribution in [-0.2, 0) is 6.42 Å². The minimum atomic E-state index is 0.522. The number of rotatable bonds is 3. The van der Waals surface area contributed by atoms with Gasteiger partial charge in [0.05, 0.1) is 0 Å². The summed E-state index contributed by atoms with van der Waals surface area (Å²) in [6.07, 6.45) is 2.67. The Morgan fingerprint density at radius 2 is 2.45 bits per heavy atom. The van der Waals surface area contributed by atoms with Gasteiger partial charge in [-0.05, 0) is 22.4 Å². The predicted molar refractivity (Wildman–Crippen MR) is 45.7 cm³/mol. The number of aromatic nitrogens is 2. The Bertz CT molecular complexity index is 257. The molecule has 0 fully saturated rings. The second-order valence-electron chi connectivity index (χ2n) is 2.26. The average Bonchev–Trinajstić information content (AvgIpc) is 2.32. The zero-order chi connectivity index (χ0) is 8.27. The lowest BCUT2D eigenvalue weighted by atomic mass is 10.3. The molecule has 0 bridgehead atoms. The third-order valence-electron chi connectivity index (χ3n) is 1.34. The first-order chi connectivity index (χ1) is 5.27. The van der Waals surface area contributed by atoms with Gasteiger partial charge in [0.1, 0.15) is 16.1 Å². The molecule has 0 aliphatic carbocycles. The number of aryl methyl sites for hydroxylation is 1. The SMILES string of the molecule is CCCc1nc(Br)c(C=O)[nH]1. The van der Waals surface area contributed by atoms with Crippen LogP contribution in [0.2, 0.25) is 0 Å². The van der Waals surface area contributed by atoms with Gasteiger partial charge in [-0.1, -0.05) is 6.92 Å². The number of hydrogen-bond donors (Lipinski definition) is 1. The van der Waals surface area contributed by atoms with Crippen molar-refractivity contribution in [3.63, 3.8) is 0 Å². The van der Waals surface area contributed by atoms with E-state index in [0.29, 0.717) is 10.3 Å². The van der Waals surface area contributed by atoms with Gasteiger partial charge < -0.3 is 4.98 Å². The summed E-state index contributed by atoms with van der Waals surface area (Å²) in [5.74, 6) is 0.862. The molecule has 0 aliphatic rings. The van der Waals surface area contributed by atoms with Crippen LogP contribution in [-0.4, -0.2) is 16.3 Å². The number of nitrogens with one attached hydrogen (secondary N) is 1. The Morgan fingerprint density at radius 3 is 2.91 bits per heavy atom. The molecule has 0 saturated carbocycles. The Hall–Kier alpha value is -0.640. The summed E-state index contributed by atoms with van der Waals surface area (Å²) in [6.45, 7) is 2.07. The fourth-order valence-electron chi connectivity index (χ4n) is 0.847. The van der Waals surface area contributed by atoms with Crippen LogP contribution in [0.4, 0.5) is 0 Å². The van der Waals surface area contributed by atoms with Gasteiger partial charge in [-0.3, -0.25) is 4.79 Å². The topological polar surface area (TPSA) is 45.8 Å². The Labute approximate surface area is 73.3 Å². The fraction of sp³-hybridized carbons (Fsp3) is 0.429. The quantitative estimate of drug-likeness (QED) is 0.786. The highest BCUT2D eigenvalue weighted by molar-refractivity contribution is 9.10. The zero-order valence-corrected chi connectivity index (χ0v) is 7.81. The summed E-state index contributed by atoms with van der Waals surface area (Å²) >= 11 is 3.17. The number of carbonyl (C=O) groups excluding carboxylic acids is 1. The second-order valence-corrected chi connectivity index (χ2v) is 3.01. The van der Waals surface area contributed by atoms with Gasteiger partial charge in [0.25, 0.3) is 0 Å². The van der Waals surface area contributed by atoms with Crippen molar-refractivity contribution in [1.82, 2.24) is 9.97 Å². The number of carbonyl (C=O) groups is 1. The maximum absolute atomic E-state index is 10.3. The zero-order valence-electron chi connectivity index (χ0n) is 6.22. The third kappa shape index (κ3) is 1.89. The Balaban J connectivity index is 2.86. The first-order valence-corrected chi connectivity index (χ1v) is 4.26. The minimum absolute atomic E-state index is 0.522. The minimum Gasteiger partial charge on any atom is -0.339 e. The largest absolute Gasteiger partial charge is 0.339 e. The molecular formula is C7H9BrN2O. The number of nitrogens with zero attached hydrogens (tertiary/aromatic N) is 1. The third-order valence-corrected chi connectivity index (χ3v) is 1.94. The highest BCUT2D eigenvalue weighted by Gasteiger charge is 2.04. The number of hydrogen-bond acceptors (Lipinski definition) is 2. The van der Waals surface area contributed by atoms with Crippen LogP contribution in [0.5, 0.6) is 0 Å².